The number of carbonyl (C=O) groups excluding carboxylic acids is 1. The van der Waals surface area contributed by atoms with Gasteiger partial charge in [-0.1, -0.05) is 0 Å². The molecular formula is C16H15N3O2. The maximum absolute atomic E-state index is 12.4. The van der Waals surface area contributed by atoms with Crippen LogP contribution in [0.3, 0.4) is 0 Å². The summed E-state index contributed by atoms with van der Waals surface area (Å²) in [6.45, 7) is 1.65. The van der Waals surface area contributed by atoms with Gasteiger partial charge in [-0.05, 0) is 43.2 Å². The minimum absolute atomic E-state index is 0.0443. The van der Waals surface area contributed by atoms with Crippen LogP contribution in [0.1, 0.15) is 23.2 Å². The molecule has 1 saturated heterocycles. The van der Waals surface area contributed by atoms with E-state index < -0.39 is 0 Å². The summed E-state index contributed by atoms with van der Waals surface area (Å²) < 4.78 is 1.85. The van der Waals surface area contributed by atoms with Gasteiger partial charge in [-0.15, -0.1) is 0 Å². The van der Waals surface area contributed by atoms with Gasteiger partial charge < -0.3 is 14.3 Å². The molecule has 0 aliphatic carbocycles. The first kappa shape index (κ1) is 12.2. The van der Waals surface area contributed by atoms with Crippen molar-refractivity contribution in [2.45, 2.75) is 12.8 Å². The number of amides is 1. The van der Waals surface area contributed by atoms with Crippen LogP contribution in [0.25, 0.3) is 16.6 Å². The molecule has 5 nitrogen and oxygen atoms in total. The summed E-state index contributed by atoms with van der Waals surface area (Å²) in [4.78, 5) is 29.2. The Kier molecular flexibility index (Phi) is 2.60. The van der Waals surface area contributed by atoms with Crippen molar-refractivity contribution in [3.8, 4) is 0 Å². The lowest BCUT2D eigenvalue weighted by Gasteiger charge is -2.15. The molecule has 5 heteroatoms. The number of rotatable bonds is 1. The lowest BCUT2D eigenvalue weighted by Crippen LogP contribution is -2.27. The minimum atomic E-state index is -0.140. The second-order valence-electron chi connectivity index (χ2n) is 5.45. The molecule has 21 heavy (non-hydrogen) atoms. The number of aromatic nitrogens is 2. The lowest BCUT2D eigenvalue weighted by atomic mass is 10.1. The van der Waals surface area contributed by atoms with Crippen molar-refractivity contribution in [2.75, 3.05) is 13.1 Å². The van der Waals surface area contributed by atoms with Crippen molar-refractivity contribution in [3.05, 3.63) is 52.4 Å². The molecule has 0 unspecified atom stereocenters. The van der Waals surface area contributed by atoms with Crippen LogP contribution in [-0.2, 0) is 0 Å². The van der Waals surface area contributed by atoms with E-state index in [0.717, 1.165) is 31.4 Å². The van der Waals surface area contributed by atoms with E-state index in [1.165, 1.54) is 0 Å². The number of H-pyrrole nitrogens is 1. The normalized spacial score (nSPS) is 15.1. The molecule has 4 rings (SSSR count). The van der Waals surface area contributed by atoms with Gasteiger partial charge in [0.1, 0.15) is 5.52 Å². The Hall–Kier alpha value is -2.56. The van der Waals surface area contributed by atoms with E-state index in [1.54, 1.807) is 12.1 Å². The summed E-state index contributed by atoms with van der Waals surface area (Å²) in [5.41, 5.74) is 2.69. The Bertz CT molecular complexity index is 901. The standard InChI is InChI=1S/C16H15N3O2/c20-15-14-4-3-9-19(14)13-6-5-11(10-12(13)17-15)16(21)18-7-1-2-8-18/h3-6,9-10H,1-2,7-8H2,(H,17,20). The fourth-order valence-electron chi connectivity index (χ4n) is 3.04. The van der Waals surface area contributed by atoms with Crippen LogP contribution in [0.4, 0.5) is 0 Å². The van der Waals surface area contributed by atoms with Crippen molar-refractivity contribution in [1.82, 2.24) is 14.3 Å². The number of hydrogen-bond acceptors (Lipinski definition) is 2. The summed E-state index contributed by atoms with van der Waals surface area (Å²) in [5.74, 6) is 0.0443. The van der Waals surface area contributed by atoms with Gasteiger partial charge in [0.2, 0.25) is 0 Å². The van der Waals surface area contributed by atoms with Gasteiger partial charge in [0.15, 0.2) is 0 Å². The maximum atomic E-state index is 12.4. The quantitative estimate of drug-likeness (QED) is 0.742. The van der Waals surface area contributed by atoms with Gasteiger partial charge in [0, 0.05) is 24.8 Å². The molecule has 0 saturated carbocycles. The first-order chi connectivity index (χ1) is 10.2. The summed E-state index contributed by atoms with van der Waals surface area (Å²) in [6, 6.07) is 9.12. The number of benzene rings is 1. The number of carbonyl (C=O) groups is 1. The third-order valence-corrected chi connectivity index (χ3v) is 4.13. The first-order valence-electron chi connectivity index (χ1n) is 7.16. The molecule has 3 aromatic rings. The zero-order valence-corrected chi connectivity index (χ0v) is 11.5. The summed E-state index contributed by atoms with van der Waals surface area (Å²) in [5, 5.41) is 0. The van der Waals surface area contributed by atoms with Crippen LogP contribution in [0.15, 0.2) is 41.3 Å². The molecule has 1 aliphatic rings. The minimum Gasteiger partial charge on any atom is -0.339 e. The topological polar surface area (TPSA) is 57.6 Å². The van der Waals surface area contributed by atoms with Gasteiger partial charge in [-0.2, -0.15) is 0 Å². The molecule has 1 aliphatic heterocycles. The smallest absolute Gasteiger partial charge is 0.272 e. The molecule has 106 valence electrons. The number of nitrogens with one attached hydrogen (secondary N) is 1. The van der Waals surface area contributed by atoms with Crippen LogP contribution >= 0.6 is 0 Å². The van der Waals surface area contributed by atoms with E-state index in [0.29, 0.717) is 16.6 Å². The average molecular weight is 281 g/mol. The van der Waals surface area contributed by atoms with Crippen molar-refractivity contribution in [3.63, 3.8) is 0 Å². The average Bonchev–Trinajstić information content (AvgIpc) is 3.17. The number of aromatic amines is 1. The van der Waals surface area contributed by atoms with Crippen LogP contribution in [0.2, 0.25) is 0 Å². The molecule has 0 radical (unpaired) electrons. The van der Waals surface area contributed by atoms with Gasteiger partial charge in [0.25, 0.3) is 11.5 Å². The van der Waals surface area contributed by atoms with Crippen molar-refractivity contribution in [2.24, 2.45) is 0 Å². The fourth-order valence-corrected chi connectivity index (χ4v) is 3.04. The van der Waals surface area contributed by atoms with Crippen LogP contribution in [-0.4, -0.2) is 33.3 Å². The highest BCUT2D eigenvalue weighted by Gasteiger charge is 2.19. The van der Waals surface area contributed by atoms with E-state index in [2.05, 4.69) is 4.98 Å². The van der Waals surface area contributed by atoms with Gasteiger partial charge in [0.05, 0.1) is 11.0 Å². The third-order valence-electron chi connectivity index (χ3n) is 4.13. The first-order valence-corrected chi connectivity index (χ1v) is 7.16. The monoisotopic (exact) mass is 281 g/mol. The van der Waals surface area contributed by atoms with E-state index in [-0.39, 0.29) is 11.5 Å². The number of likely N-dealkylation sites (tertiary alicyclic amines) is 1. The number of fused-ring (bicyclic) bond motifs is 3. The molecule has 0 bridgehead atoms. The van der Waals surface area contributed by atoms with E-state index in [9.17, 15) is 9.59 Å². The lowest BCUT2D eigenvalue weighted by molar-refractivity contribution is 0.0793. The van der Waals surface area contributed by atoms with Crippen LogP contribution in [0.5, 0.6) is 0 Å². The zero-order chi connectivity index (χ0) is 14.4. The molecule has 3 heterocycles. The van der Waals surface area contributed by atoms with Crippen molar-refractivity contribution >= 4 is 22.5 Å². The Morgan fingerprint density at radius 1 is 1.10 bits per heavy atom. The Labute approximate surface area is 120 Å². The van der Waals surface area contributed by atoms with Gasteiger partial charge in [-0.3, -0.25) is 9.59 Å². The second kappa shape index (κ2) is 4.48. The molecule has 0 spiro atoms. The van der Waals surface area contributed by atoms with Crippen molar-refractivity contribution < 1.29 is 4.79 Å². The molecule has 2 aromatic heterocycles. The predicted molar refractivity (Wildman–Crippen MR) is 80.7 cm³/mol. The number of hydrogen-bond donors (Lipinski definition) is 1. The molecule has 1 amide bonds. The highest BCUT2D eigenvalue weighted by Crippen LogP contribution is 2.18. The Morgan fingerprint density at radius 3 is 2.71 bits per heavy atom. The van der Waals surface area contributed by atoms with Crippen LogP contribution < -0.4 is 5.56 Å². The van der Waals surface area contributed by atoms with Crippen molar-refractivity contribution in [1.29, 1.82) is 0 Å². The van der Waals surface area contributed by atoms with E-state index >= 15 is 0 Å². The Balaban J connectivity index is 1.88. The SMILES string of the molecule is O=C(c1ccc2c(c1)[nH]c(=O)c1cccn12)N1CCCC1. The highest BCUT2D eigenvalue weighted by molar-refractivity contribution is 5.97. The highest BCUT2D eigenvalue weighted by atomic mass is 16.2. The number of nitrogens with zero attached hydrogens (tertiary/aromatic N) is 2. The molecular weight excluding hydrogens is 266 g/mol. The molecule has 0 atom stereocenters. The zero-order valence-electron chi connectivity index (χ0n) is 11.5. The fraction of sp³-hybridized carbons (Fsp3) is 0.250. The molecule has 1 aromatic carbocycles. The maximum Gasteiger partial charge on any atom is 0.272 e. The van der Waals surface area contributed by atoms with Gasteiger partial charge >= 0.3 is 0 Å². The van der Waals surface area contributed by atoms with Crippen LogP contribution in [0, 0.1) is 0 Å². The summed E-state index contributed by atoms with van der Waals surface area (Å²) in [6.07, 6.45) is 4.00. The van der Waals surface area contributed by atoms with E-state index in [4.69, 9.17) is 0 Å². The predicted octanol–water partition coefficient (Wildman–Crippen LogP) is 2.02. The summed E-state index contributed by atoms with van der Waals surface area (Å²) in [7, 11) is 0. The summed E-state index contributed by atoms with van der Waals surface area (Å²) >= 11 is 0. The second-order valence-corrected chi connectivity index (χ2v) is 5.45. The molecule has 1 fully saturated rings. The molecule has 1 N–H and O–H groups in total. The van der Waals surface area contributed by atoms with E-state index in [1.807, 2.05) is 33.7 Å². The Morgan fingerprint density at radius 2 is 1.90 bits per heavy atom. The third kappa shape index (κ3) is 1.85. The van der Waals surface area contributed by atoms with Gasteiger partial charge in [-0.25, -0.2) is 0 Å². The largest absolute Gasteiger partial charge is 0.339 e.